The molecule has 0 aliphatic carbocycles. The fourth-order valence-corrected chi connectivity index (χ4v) is 0.598. The molecule has 12 heavy (non-hydrogen) atoms. The van der Waals surface area contributed by atoms with Crippen molar-refractivity contribution in [3.63, 3.8) is 0 Å². The van der Waals surface area contributed by atoms with Gasteiger partial charge in [-0.3, -0.25) is 9.59 Å². The molecule has 0 spiro atoms. The molecule has 66 valence electrons. The zero-order valence-corrected chi connectivity index (χ0v) is 6.43. The SMILES string of the molecule is N#[N+]CC(=O)CCC(N)C(=O)O. The Hall–Kier alpha value is -1.48. The fourth-order valence-electron chi connectivity index (χ4n) is 0.598. The molecule has 0 radical (unpaired) electrons. The van der Waals surface area contributed by atoms with Gasteiger partial charge in [0.25, 0.3) is 0 Å². The second kappa shape index (κ2) is 5.21. The molecule has 0 rings (SSSR count). The largest absolute Gasteiger partial charge is 0.480 e. The number of diazo groups is 1. The number of hydrogen-bond acceptors (Lipinski definition) is 4. The summed E-state index contributed by atoms with van der Waals surface area (Å²) < 4.78 is 0. The molecule has 6 nitrogen and oxygen atoms in total. The summed E-state index contributed by atoms with van der Waals surface area (Å²) in [5.74, 6) is -1.46. The number of nitrogens with zero attached hydrogens (tertiary/aromatic N) is 2. The van der Waals surface area contributed by atoms with E-state index in [1.54, 1.807) is 0 Å². The minimum Gasteiger partial charge on any atom is -0.480 e. The first-order chi connectivity index (χ1) is 5.57. The second-order valence-electron chi connectivity index (χ2n) is 2.32. The monoisotopic (exact) mass is 172 g/mol. The first-order valence-electron chi connectivity index (χ1n) is 3.39. The van der Waals surface area contributed by atoms with Gasteiger partial charge in [-0.1, -0.05) is 0 Å². The predicted octanol–water partition coefficient (Wildman–Crippen LogP) is -0.399. The maximum absolute atomic E-state index is 10.7. The van der Waals surface area contributed by atoms with Crippen molar-refractivity contribution in [1.29, 1.82) is 5.39 Å². The van der Waals surface area contributed by atoms with E-state index in [4.69, 9.17) is 16.2 Å². The van der Waals surface area contributed by atoms with Gasteiger partial charge in [-0.2, -0.15) is 0 Å². The highest BCUT2D eigenvalue weighted by molar-refractivity contribution is 5.82. The summed E-state index contributed by atoms with van der Waals surface area (Å²) in [6.45, 7) is -0.299. The van der Waals surface area contributed by atoms with Crippen LogP contribution in [0.3, 0.4) is 0 Å². The molecular weight excluding hydrogens is 162 g/mol. The lowest BCUT2D eigenvalue weighted by atomic mass is 10.1. The third-order valence-electron chi connectivity index (χ3n) is 1.30. The molecule has 0 amide bonds. The van der Waals surface area contributed by atoms with Gasteiger partial charge in [0, 0.05) is 6.42 Å². The number of carboxylic acids is 1. The van der Waals surface area contributed by atoms with Gasteiger partial charge in [0.15, 0.2) is 0 Å². The van der Waals surface area contributed by atoms with E-state index in [2.05, 4.69) is 4.98 Å². The van der Waals surface area contributed by atoms with Gasteiger partial charge < -0.3 is 10.8 Å². The molecule has 0 heterocycles. The van der Waals surface area contributed by atoms with Crippen LogP contribution in [-0.4, -0.2) is 29.4 Å². The molecule has 6 heteroatoms. The molecule has 0 aliphatic heterocycles. The summed E-state index contributed by atoms with van der Waals surface area (Å²) in [5, 5.41) is 16.3. The Bertz CT molecular complexity index is 221. The van der Waals surface area contributed by atoms with Crippen molar-refractivity contribution >= 4 is 11.8 Å². The van der Waals surface area contributed by atoms with Crippen molar-refractivity contribution in [3.8, 4) is 0 Å². The molecule has 0 fully saturated rings. The molecule has 1 unspecified atom stereocenters. The Balaban J connectivity index is 3.63. The van der Waals surface area contributed by atoms with E-state index in [0.29, 0.717) is 0 Å². The van der Waals surface area contributed by atoms with E-state index in [-0.39, 0.29) is 25.2 Å². The Kier molecular flexibility index (Phi) is 4.57. The third kappa shape index (κ3) is 4.35. The molecular formula is C6H10N3O3+. The zero-order chi connectivity index (χ0) is 9.56. The number of carbonyl (C=O) groups excluding carboxylic acids is 1. The number of ketones is 1. The standard InChI is InChI=1S/C6H9N3O3/c7-5(6(11)12)2-1-4(10)3-9-8/h5H,1-3,7H2/p+1. The van der Waals surface area contributed by atoms with E-state index in [0.717, 1.165) is 0 Å². The first kappa shape index (κ1) is 10.5. The molecule has 3 N–H and O–H groups in total. The van der Waals surface area contributed by atoms with Gasteiger partial charge in [-0.05, 0) is 6.42 Å². The van der Waals surface area contributed by atoms with Crippen molar-refractivity contribution < 1.29 is 14.7 Å². The number of rotatable bonds is 5. The lowest BCUT2D eigenvalue weighted by Crippen LogP contribution is -2.30. The summed E-state index contributed by atoms with van der Waals surface area (Å²) in [6, 6.07) is -1.02. The van der Waals surface area contributed by atoms with Crippen molar-refractivity contribution in [3.05, 3.63) is 4.98 Å². The number of carbonyl (C=O) groups is 2. The van der Waals surface area contributed by atoms with Gasteiger partial charge in [-0.15, -0.1) is 0 Å². The van der Waals surface area contributed by atoms with E-state index >= 15 is 0 Å². The van der Waals surface area contributed by atoms with Gasteiger partial charge in [0.1, 0.15) is 11.0 Å². The van der Waals surface area contributed by atoms with Crippen molar-refractivity contribution in [2.75, 3.05) is 6.54 Å². The summed E-state index contributed by atoms with van der Waals surface area (Å²) in [7, 11) is 0. The minimum absolute atomic E-state index is 0.0253. The predicted molar refractivity (Wildman–Crippen MR) is 39.8 cm³/mol. The average molecular weight is 172 g/mol. The summed E-state index contributed by atoms with van der Waals surface area (Å²) >= 11 is 0. The van der Waals surface area contributed by atoms with Gasteiger partial charge in [0.2, 0.25) is 11.2 Å². The molecule has 0 bridgehead atoms. The zero-order valence-electron chi connectivity index (χ0n) is 6.43. The molecule has 0 saturated heterocycles. The molecule has 0 aromatic heterocycles. The van der Waals surface area contributed by atoms with E-state index in [1.165, 1.54) is 0 Å². The third-order valence-corrected chi connectivity index (χ3v) is 1.30. The highest BCUT2D eigenvalue weighted by Crippen LogP contribution is 1.96. The normalized spacial score (nSPS) is 11.7. The molecule has 1 atom stereocenters. The van der Waals surface area contributed by atoms with Crippen LogP contribution in [0.2, 0.25) is 0 Å². The summed E-state index contributed by atoms with van der Waals surface area (Å²) in [5.41, 5.74) is 5.12. The smallest absolute Gasteiger partial charge is 0.362 e. The van der Waals surface area contributed by atoms with Crippen molar-refractivity contribution in [1.82, 2.24) is 0 Å². The number of nitrogens with two attached hydrogens (primary N) is 1. The first-order valence-corrected chi connectivity index (χ1v) is 3.39. The number of carboxylic acid groups (broad SMARTS) is 1. The van der Waals surface area contributed by atoms with Crippen molar-refractivity contribution in [2.24, 2.45) is 5.73 Å². The topological polar surface area (TPSA) is 109 Å². The molecule has 0 aromatic carbocycles. The molecule has 0 aliphatic rings. The highest BCUT2D eigenvalue weighted by atomic mass is 16.4. The maximum atomic E-state index is 10.7. The number of aliphatic carboxylic acids is 1. The van der Waals surface area contributed by atoms with E-state index < -0.39 is 12.0 Å². The Morgan fingerprint density at radius 2 is 2.17 bits per heavy atom. The number of hydrogen-bond donors (Lipinski definition) is 2. The number of Topliss-reactive ketones (excluding diaryl/α,β-unsaturated/α-hetero) is 1. The van der Waals surface area contributed by atoms with Crippen LogP contribution in [0.15, 0.2) is 0 Å². The quantitative estimate of drug-likeness (QED) is 0.548. The van der Waals surface area contributed by atoms with E-state index in [9.17, 15) is 9.59 Å². The van der Waals surface area contributed by atoms with Crippen LogP contribution in [0, 0.1) is 5.39 Å². The van der Waals surface area contributed by atoms with Crippen LogP contribution in [-0.2, 0) is 9.59 Å². The Morgan fingerprint density at radius 3 is 2.58 bits per heavy atom. The maximum Gasteiger partial charge on any atom is 0.362 e. The van der Waals surface area contributed by atoms with Crippen LogP contribution in [0.1, 0.15) is 12.8 Å². The Morgan fingerprint density at radius 1 is 1.58 bits per heavy atom. The van der Waals surface area contributed by atoms with Gasteiger partial charge in [0.05, 0.1) is 0 Å². The van der Waals surface area contributed by atoms with Crippen LogP contribution >= 0.6 is 0 Å². The van der Waals surface area contributed by atoms with Crippen LogP contribution in [0.4, 0.5) is 0 Å². The summed E-state index contributed by atoms with van der Waals surface area (Å²) in [4.78, 5) is 23.4. The lowest BCUT2D eigenvalue weighted by molar-refractivity contribution is -0.138. The average Bonchev–Trinajstić information content (AvgIpc) is 2.00. The summed E-state index contributed by atoms with van der Waals surface area (Å²) in [6.07, 6.45) is 0.0984. The molecule has 0 saturated carbocycles. The highest BCUT2D eigenvalue weighted by Gasteiger charge is 2.15. The van der Waals surface area contributed by atoms with Crippen LogP contribution < -0.4 is 5.73 Å². The lowest BCUT2D eigenvalue weighted by Gasteiger charge is -2.01. The van der Waals surface area contributed by atoms with Crippen molar-refractivity contribution in [2.45, 2.75) is 18.9 Å². The fraction of sp³-hybridized carbons (Fsp3) is 0.667. The van der Waals surface area contributed by atoms with Gasteiger partial charge in [-0.25, -0.2) is 0 Å². The molecule has 0 aromatic rings. The van der Waals surface area contributed by atoms with E-state index in [1.807, 2.05) is 0 Å². The van der Waals surface area contributed by atoms with Crippen LogP contribution in [0.5, 0.6) is 0 Å². The minimum atomic E-state index is -1.14. The second-order valence-corrected chi connectivity index (χ2v) is 2.32. The van der Waals surface area contributed by atoms with Gasteiger partial charge >= 0.3 is 12.5 Å². The van der Waals surface area contributed by atoms with Crippen LogP contribution in [0.25, 0.3) is 4.98 Å². The Labute approximate surface area is 69.0 Å².